The van der Waals surface area contributed by atoms with E-state index in [4.69, 9.17) is 9.47 Å². The Bertz CT molecular complexity index is 1490. The Balaban J connectivity index is 2.14. The molecule has 1 amide bonds. The summed E-state index contributed by atoms with van der Waals surface area (Å²) in [6, 6.07) is -0.809. The van der Waals surface area contributed by atoms with E-state index < -0.39 is 49.5 Å². The fourth-order valence-electron chi connectivity index (χ4n) is 9.93. The Kier molecular flexibility index (Phi) is 53.2. The SMILES string of the molecule is CC/C=C\C/C=C\C/C=C\C/C=C\C/C=C\C/C=C\CCCCCCCCCCCCCCCCCCC(=O)NC(COC1OC(CO)C(O)C(O)C1O)C(O)/C=C/CCCCCCCCCCCCCCCCCCC. The highest BCUT2D eigenvalue weighted by molar-refractivity contribution is 5.76. The average molecular weight is 1080 g/mol. The molecule has 446 valence electrons. The van der Waals surface area contributed by atoms with Gasteiger partial charge in [-0.15, -0.1) is 0 Å². The molecule has 1 saturated heterocycles. The molecular weight excluding hydrogens is 959 g/mol. The number of hydrogen-bond acceptors (Lipinski definition) is 8. The standard InChI is InChI=1S/C68H121NO8/c1-3-5-7-9-11-13-15-17-19-21-23-24-25-26-27-28-29-30-31-32-33-34-35-36-37-38-40-42-44-46-48-50-52-54-56-58-64(72)69-61(60-76-68-67(75)66(74)65(73)63(59-70)77-68)62(71)57-55-53-51-49-47-45-43-41-39-22-20-18-16-14-12-10-8-6-4-2/h5,7,11,13,17,19,23-24,26-27,29-30,55,57,61-63,65-68,70-71,73-75H,3-4,6,8-10,12,14-16,18,20-22,25,28,31-54,56,58-60H2,1-2H3,(H,69,72)/b7-5-,13-11-,19-17-,24-23-,27-26-,30-29-,57-55+. The van der Waals surface area contributed by atoms with E-state index in [1.165, 1.54) is 186 Å². The van der Waals surface area contributed by atoms with Crippen LogP contribution in [0.4, 0.5) is 0 Å². The van der Waals surface area contributed by atoms with Gasteiger partial charge in [-0.3, -0.25) is 4.79 Å². The van der Waals surface area contributed by atoms with Crippen molar-refractivity contribution in [3.63, 3.8) is 0 Å². The Morgan fingerprint density at radius 2 is 0.805 bits per heavy atom. The zero-order valence-electron chi connectivity index (χ0n) is 49.7. The fourth-order valence-corrected chi connectivity index (χ4v) is 9.93. The van der Waals surface area contributed by atoms with Gasteiger partial charge in [-0.2, -0.15) is 0 Å². The molecular formula is C68H121NO8. The summed E-state index contributed by atoms with van der Waals surface area (Å²) in [5.74, 6) is -0.176. The number of carbonyl (C=O) groups excluding carboxylic acids is 1. The second kappa shape index (κ2) is 56.6. The smallest absolute Gasteiger partial charge is 0.220 e. The van der Waals surface area contributed by atoms with E-state index in [0.29, 0.717) is 6.42 Å². The van der Waals surface area contributed by atoms with Crippen molar-refractivity contribution in [3.05, 3.63) is 85.1 Å². The third-order valence-corrected chi connectivity index (χ3v) is 15.0. The van der Waals surface area contributed by atoms with Crippen LogP contribution in [0.2, 0.25) is 0 Å². The summed E-state index contributed by atoms with van der Waals surface area (Å²) in [6.07, 6.45) is 73.8. The minimum atomic E-state index is -1.57. The van der Waals surface area contributed by atoms with Crippen LogP contribution in [-0.4, -0.2) is 87.5 Å². The number of rotatable bonds is 55. The minimum absolute atomic E-state index is 0.176. The van der Waals surface area contributed by atoms with Gasteiger partial charge in [-0.05, 0) is 70.6 Å². The average Bonchev–Trinajstić information content (AvgIpc) is 3.43. The lowest BCUT2D eigenvalue weighted by Crippen LogP contribution is -2.60. The van der Waals surface area contributed by atoms with Gasteiger partial charge in [0, 0.05) is 6.42 Å². The first kappa shape index (κ1) is 72.4. The van der Waals surface area contributed by atoms with Crippen molar-refractivity contribution in [1.29, 1.82) is 0 Å². The molecule has 0 aromatic heterocycles. The van der Waals surface area contributed by atoms with Crippen LogP contribution in [0.5, 0.6) is 0 Å². The highest BCUT2D eigenvalue weighted by Crippen LogP contribution is 2.23. The molecule has 6 N–H and O–H groups in total. The van der Waals surface area contributed by atoms with E-state index in [1.807, 2.05) is 6.08 Å². The number of aliphatic hydroxyl groups is 5. The monoisotopic (exact) mass is 1080 g/mol. The van der Waals surface area contributed by atoms with Gasteiger partial charge in [-0.25, -0.2) is 0 Å². The summed E-state index contributed by atoms with van der Waals surface area (Å²) in [7, 11) is 0. The number of amides is 1. The van der Waals surface area contributed by atoms with Gasteiger partial charge in [0.2, 0.25) is 5.91 Å². The molecule has 0 spiro atoms. The fraction of sp³-hybridized carbons (Fsp3) is 0.779. The molecule has 77 heavy (non-hydrogen) atoms. The second-order valence-corrected chi connectivity index (χ2v) is 22.2. The molecule has 9 nitrogen and oxygen atoms in total. The van der Waals surface area contributed by atoms with Crippen molar-refractivity contribution in [1.82, 2.24) is 5.32 Å². The van der Waals surface area contributed by atoms with Crippen LogP contribution in [-0.2, 0) is 14.3 Å². The van der Waals surface area contributed by atoms with Crippen LogP contribution >= 0.6 is 0 Å². The summed E-state index contributed by atoms with van der Waals surface area (Å²) < 4.78 is 11.3. The Hall–Kier alpha value is -2.63. The Morgan fingerprint density at radius 3 is 1.19 bits per heavy atom. The van der Waals surface area contributed by atoms with E-state index in [-0.39, 0.29) is 12.5 Å². The van der Waals surface area contributed by atoms with Gasteiger partial charge >= 0.3 is 0 Å². The quantitative estimate of drug-likeness (QED) is 0.0261. The van der Waals surface area contributed by atoms with Crippen LogP contribution in [0.25, 0.3) is 0 Å². The first-order valence-corrected chi connectivity index (χ1v) is 32.3. The summed E-state index contributed by atoms with van der Waals surface area (Å²) >= 11 is 0. The Morgan fingerprint density at radius 1 is 0.455 bits per heavy atom. The lowest BCUT2D eigenvalue weighted by Gasteiger charge is -2.40. The predicted octanol–water partition coefficient (Wildman–Crippen LogP) is 17.0. The molecule has 0 bridgehead atoms. The summed E-state index contributed by atoms with van der Waals surface area (Å²) in [4.78, 5) is 13.1. The maximum Gasteiger partial charge on any atom is 0.220 e. The molecule has 0 aliphatic carbocycles. The number of nitrogens with one attached hydrogen (secondary N) is 1. The van der Waals surface area contributed by atoms with Gasteiger partial charge in [0.05, 0.1) is 25.4 Å². The number of aliphatic hydroxyl groups excluding tert-OH is 5. The normalized spacial score (nSPS) is 19.3. The molecule has 7 atom stereocenters. The molecule has 0 radical (unpaired) electrons. The van der Waals surface area contributed by atoms with E-state index in [9.17, 15) is 30.3 Å². The van der Waals surface area contributed by atoms with E-state index in [0.717, 1.165) is 77.0 Å². The first-order chi connectivity index (χ1) is 37.8. The maximum atomic E-state index is 13.1. The van der Waals surface area contributed by atoms with Crippen molar-refractivity contribution in [3.8, 4) is 0 Å². The highest BCUT2D eigenvalue weighted by Gasteiger charge is 2.44. The van der Waals surface area contributed by atoms with E-state index in [1.54, 1.807) is 6.08 Å². The van der Waals surface area contributed by atoms with Crippen LogP contribution in [0, 0.1) is 0 Å². The first-order valence-electron chi connectivity index (χ1n) is 32.3. The van der Waals surface area contributed by atoms with Crippen molar-refractivity contribution in [2.75, 3.05) is 13.2 Å². The molecule has 1 aliphatic rings. The lowest BCUT2D eigenvalue weighted by molar-refractivity contribution is -0.302. The van der Waals surface area contributed by atoms with Crippen LogP contribution in [0.3, 0.4) is 0 Å². The number of hydrogen-bond donors (Lipinski definition) is 6. The van der Waals surface area contributed by atoms with Crippen molar-refractivity contribution >= 4 is 5.91 Å². The van der Waals surface area contributed by atoms with Gasteiger partial charge < -0.3 is 40.3 Å². The summed E-state index contributed by atoms with van der Waals surface area (Å²) in [5.41, 5.74) is 0. The molecule has 1 rings (SSSR count). The molecule has 1 aliphatic heterocycles. The number of unbranched alkanes of at least 4 members (excludes halogenated alkanes) is 33. The highest BCUT2D eigenvalue weighted by atomic mass is 16.7. The topological polar surface area (TPSA) is 149 Å². The van der Waals surface area contributed by atoms with Crippen molar-refractivity contribution in [2.24, 2.45) is 0 Å². The molecule has 1 heterocycles. The van der Waals surface area contributed by atoms with Gasteiger partial charge in [0.1, 0.15) is 24.4 Å². The lowest BCUT2D eigenvalue weighted by atomic mass is 9.99. The number of ether oxygens (including phenoxy) is 2. The van der Waals surface area contributed by atoms with Crippen LogP contribution < -0.4 is 5.32 Å². The number of carbonyl (C=O) groups is 1. The molecule has 0 saturated carbocycles. The molecule has 7 unspecified atom stereocenters. The third-order valence-electron chi connectivity index (χ3n) is 15.0. The molecule has 1 fully saturated rings. The van der Waals surface area contributed by atoms with E-state index in [2.05, 4.69) is 92.1 Å². The predicted molar refractivity (Wildman–Crippen MR) is 327 cm³/mol. The van der Waals surface area contributed by atoms with Crippen LogP contribution in [0.1, 0.15) is 284 Å². The van der Waals surface area contributed by atoms with Gasteiger partial charge in [0.25, 0.3) is 0 Å². The largest absolute Gasteiger partial charge is 0.394 e. The Labute approximate surface area is 473 Å². The third kappa shape index (κ3) is 45.8. The minimum Gasteiger partial charge on any atom is -0.394 e. The molecule has 0 aromatic carbocycles. The summed E-state index contributed by atoms with van der Waals surface area (Å²) in [5, 5.41) is 54.6. The van der Waals surface area contributed by atoms with E-state index >= 15 is 0 Å². The van der Waals surface area contributed by atoms with Crippen molar-refractivity contribution < 1.29 is 39.8 Å². The second-order valence-electron chi connectivity index (χ2n) is 22.2. The van der Waals surface area contributed by atoms with Gasteiger partial charge in [0.15, 0.2) is 6.29 Å². The zero-order chi connectivity index (χ0) is 55.8. The maximum absolute atomic E-state index is 13.1. The molecule has 0 aromatic rings. The zero-order valence-corrected chi connectivity index (χ0v) is 49.7. The molecule has 9 heteroatoms. The van der Waals surface area contributed by atoms with Crippen molar-refractivity contribution in [2.45, 2.75) is 326 Å². The van der Waals surface area contributed by atoms with Gasteiger partial charge in [-0.1, -0.05) is 292 Å². The number of allylic oxidation sites excluding steroid dienone is 13. The summed E-state index contributed by atoms with van der Waals surface area (Å²) in [6.45, 7) is 3.69. The van der Waals surface area contributed by atoms with Crippen LogP contribution in [0.15, 0.2) is 85.1 Å².